The van der Waals surface area contributed by atoms with Crippen LogP contribution in [0.25, 0.3) is 0 Å². The average molecular weight is 274 g/mol. The van der Waals surface area contributed by atoms with Gasteiger partial charge >= 0.3 is 6.18 Å². The van der Waals surface area contributed by atoms with Crippen molar-refractivity contribution < 1.29 is 18.0 Å². The number of alkyl halides is 3. The first-order valence-electron chi connectivity index (χ1n) is 5.75. The Kier molecular flexibility index (Phi) is 4.25. The zero-order chi connectivity index (χ0) is 14.8. The van der Waals surface area contributed by atoms with Gasteiger partial charge in [-0.05, 0) is 17.5 Å². The number of carbonyl (C=O) groups excluding carboxylic acids is 1. The molecule has 1 aromatic carbocycles. The number of hydrazine groups is 1. The maximum Gasteiger partial charge on any atom is 0.410 e. The van der Waals surface area contributed by atoms with Crippen molar-refractivity contribution in [3.8, 4) is 0 Å². The van der Waals surface area contributed by atoms with Gasteiger partial charge in [0, 0.05) is 5.56 Å². The van der Waals surface area contributed by atoms with Crippen LogP contribution in [0.2, 0.25) is 0 Å². The van der Waals surface area contributed by atoms with E-state index in [1.54, 1.807) is 18.2 Å². The third-order valence-electron chi connectivity index (χ3n) is 2.66. The molecule has 0 radical (unpaired) electrons. The van der Waals surface area contributed by atoms with E-state index in [1.807, 2.05) is 0 Å². The minimum atomic E-state index is -4.59. The highest BCUT2D eigenvalue weighted by Gasteiger charge is 2.51. The van der Waals surface area contributed by atoms with Gasteiger partial charge in [-0.25, -0.2) is 5.84 Å². The van der Waals surface area contributed by atoms with E-state index in [0.717, 1.165) is 0 Å². The third-order valence-corrected chi connectivity index (χ3v) is 2.66. The Bertz CT molecular complexity index is 423. The fourth-order valence-corrected chi connectivity index (χ4v) is 1.91. The highest BCUT2D eigenvalue weighted by molar-refractivity contribution is 5.94. The lowest BCUT2D eigenvalue weighted by molar-refractivity contribution is -0.201. The summed E-state index contributed by atoms with van der Waals surface area (Å²) in [6.45, 7) is 4.18. The van der Waals surface area contributed by atoms with Crippen LogP contribution in [0, 0.1) is 5.41 Å². The van der Waals surface area contributed by atoms with Crippen molar-refractivity contribution in [1.82, 2.24) is 5.01 Å². The van der Waals surface area contributed by atoms with Gasteiger partial charge in [-0.1, -0.05) is 39.0 Å². The van der Waals surface area contributed by atoms with Crippen LogP contribution >= 0.6 is 0 Å². The molecule has 1 aromatic rings. The molecular formula is C13H17F3N2O. The molecule has 0 heterocycles. The minimum absolute atomic E-state index is 0.128. The van der Waals surface area contributed by atoms with Crippen molar-refractivity contribution in [2.45, 2.75) is 33.0 Å². The maximum atomic E-state index is 13.1. The molecule has 0 aromatic heterocycles. The van der Waals surface area contributed by atoms with E-state index >= 15 is 0 Å². The largest absolute Gasteiger partial charge is 0.410 e. The van der Waals surface area contributed by atoms with Gasteiger partial charge in [0.1, 0.15) is 6.04 Å². The van der Waals surface area contributed by atoms with Crippen molar-refractivity contribution >= 4 is 5.91 Å². The van der Waals surface area contributed by atoms with E-state index < -0.39 is 23.5 Å². The lowest BCUT2D eigenvalue weighted by Crippen LogP contribution is -2.58. The molecule has 106 valence electrons. The Morgan fingerprint density at radius 1 is 1.16 bits per heavy atom. The number of nitrogens with zero attached hydrogens (tertiary/aromatic N) is 1. The molecule has 0 aliphatic heterocycles. The predicted molar refractivity (Wildman–Crippen MR) is 66.1 cm³/mol. The molecule has 0 fully saturated rings. The van der Waals surface area contributed by atoms with Gasteiger partial charge in [-0.15, -0.1) is 0 Å². The second-order valence-electron chi connectivity index (χ2n) is 5.39. The summed E-state index contributed by atoms with van der Waals surface area (Å²) in [5.74, 6) is 4.58. The maximum absolute atomic E-state index is 13.1. The second kappa shape index (κ2) is 5.21. The van der Waals surface area contributed by atoms with Crippen molar-refractivity contribution in [2.75, 3.05) is 0 Å². The molecule has 2 N–H and O–H groups in total. The van der Waals surface area contributed by atoms with Crippen LogP contribution in [0.1, 0.15) is 31.1 Å². The first-order valence-corrected chi connectivity index (χ1v) is 5.75. The number of halogens is 3. The smallest absolute Gasteiger partial charge is 0.268 e. The zero-order valence-electron chi connectivity index (χ0n) is 11.0. The van der Waals surface area contributed by atoms with Crippen LogP contribution in [-0.2, 0) is 0 Å². The van der Waals surface area contributed by atoms with Gasteiger partial charge in [0.2, 0.25) is 0 Å². The fourth-order valence-electron chi connectivity index (χ4n) is 1.91. The Hall–Kier alpha value is -1.56. The SMILES string of the molecule is CC(C)(C)C(N(N)C(=O)c1ccccc1)C(F)(F)F. The summed E-state index contributed by atoms with van der Waals surface area (Å²) in [6, 6.07) is 5.62. The van der Waals surface area contributed by atoms with E-state index in [2.05, 4.69) is 0 Å². The number of carbonyl (C=O) groups is 1. The monoisotopic (exact) mass is 274 g/mol. The number of nitrogens with two attached hydrogens (primary N) is 1. The van der Waals surface area contributed by atoms with Gasteiger partial charge in [-0.3, -0.25) is 9.80 Å². The van der Waals surface area contributed by atoms with Crippen molar-refractivity contribution in [3.05, 3.63) is 35.9 Å². The Morgan fingerprint density at radius 3 is 2.00 bits per heavy atom. The van der Waals surface area contributed by atoms with Crippen LogP contribution < -0.4 is 5.84 Å². The van der Waals surface area contributed by atoms with Gasteiger partial charge in [0.05, 0.1) is 0 Å². The summed E-state index contributed by atoms with van der Waals surface area (Å²) < 4.78 is 39.2. The van der Waals surface area contributed by atoms with Gasteiger partial charge in [-0.2, -0.15) is 13.2 Å². The summed E-state index contributed by atoms with van der Waals surface area (Å²) in [6.07, 6.45) is -4.59. The topological polar surface area (TPSA) is 46.3 Å². The van der Waals surface area contributed by atoms with E-state index in [0.29, 0.717) is 0 Å². The predicted octanol–water partition coefficient (Wildman–Crippen LogP) is 2.98. The average Bonchev–Trinajstić information content (AvgIpc) is 2.25. The van der Waals surface area contributed by atoms with Gasteiger partial charge in [0.25, 0.3) is 5.91 Å². The molecule has 3 nitrogen and oxygen atoms in total. The van der Waals surface area contributed by atoms with Crippen molar-refractivity contribution in [2.24, 2.45) is 11.3 Å². The molecule has 6 heteroatoms. The van der Waals surface area contributed by atoms with Crippen molar-refractivity contribution in [3.63, 3.8) is 0 Å². The van der Waals surface area contributed by atoms with Crippen LogP contribution in [0.5, 0.6) is 0 Å². The molecule has 1 unspecified atom stereocenters. The third kappa shape index (κ3) is 3.70. The summed E-state index contributed by atoms with van der Waals surface area (Å²) in [4.78, 5) is 12.0. The first-order chi connectivity index (χ1) is 8.55. The fraction of sp³-hybridized carbons (Fsp3) is 0.462. The summed E-state index contributed by atoms with van der Waals surface area (Å²) in [5.41, 5.74) is -1.08. The molecule has 0 aliphatic carbocycles. The van der Waals surface area contributed by atoms with Gasteiger partial charge < -0.3 is 0 Å². The number of benzene rings is 1. The highest BCUT2D eigenvalue weighted by Crippen LogP contribution is 2.36. The molecule has 0 spiro atoms. The molecule has 1 rings (SSSR count). The molecule has 1 atom stereocenters. The molecule has 0 saturated heterocycles. The van der Waals surface area contributed by atoms with Crippen LogP contribution in [0.15, 0.2) is 30.3 Å². The molecule has 19 heavy (non-hydrogen) atoms. The second-order valence-corrected chi connectivity index (χ2v) is 5.39. The standard InChI is InChI=1S/C13H17F3N2O/c1-12(2,3)11(13(14,15)16)18(17)10(19)9-7-5-4-6-8-9/h4-8,11H,17H2,1-3H3. The highest BCUT2D eigenvalue weighted by atomic mass is 19.4. The summed E-state index contributed by atoms with van der Waals surface area (Å²) in [7, 11) is 0. The van der Waals surface area contributed by atoms with Crippen molar-refractivity contribution in [1.29, 1.82) is 0 Å². The molecular weight excluding hydrogens is 257 g/mol. The first kappa shape index (κ1) is 15.5. The number of amides is 1. The van der Waals surface area contributed by atoms with E-state index in [-0.39, 0.29) is 10.6 Å². The van der Waals surface area contributed by atoms with E-state index in [4.69, 9.17) is 5.84 Å². The minimum Gasteiger partial charge on any atom is -0.268 e. The lowest BCUT2D eigenvalue weighted by atomic mass is 9.85. The molecule has 0 aliphatic rings. The Morgan fingerprint density at radius 2 is 1.63 bits per heavy atom. The lowest BCUT2D eigenvalue weighted by Gasteiger charge is -2.38. The van der Waals surface area contributed by atoms with E-state index in [1.165, 1.54) is 32.9 Å². The normalized spacial score (nSPS) is 14.1. The van der Waals surface area contributed by atoms with Crippen LogP contribution in [-0.4, -0.2) is 23.1 Å². The number of hydrogen-bond donors (Lipinski definition) is 1. The van der Waals surface area contributed by atoms with E-state index in [9.17, 15) is 18.0 Å². The number of hydrogen-bond acceptors (Lipinski definition) is 2. The zero-order valence-corrected chi connectivity index (χ0v) is 11.0. The molecule has 0 saturated carbocycles. The van der Waals surface area contributed by atoms with Crippen LogP contribution in [0.3, 0.4) is 0 Å². The van der Waals surface area contributed by atoms with Gasteiger partial charge in [0.15, 0.2) is 0 Å². The molecule has 1 amide bonds. The summed E-state index contributed by atoms with van der Waals surface area (Å²) >= 11 is 0. The Labute approximate surface area is 110 Å². The molecule has 0 bridgehead atoms. The Balaban J connectivity index is 3.09. The quantitative estimate of drug-likeness (QED) is 0.512. The number of rotatable bonds is 2. The summed E-state index contributed by atoms with van der Waals surface area (Å²) in [5, 5.41) is 0.273. The van der Waals surface area contributed by atoms with Crippen LogP contribution in [0.4, 0.5) is 13.2 Å².